The predicted octanol–water partition coefficient (Wildman–Crippen LogP) is 0.668. The second kappa shape index (κ2) is 6.96. The largest absolute Gasteiger partial charge is 0.316 e. The summed E-state index contributed by atoms with van der Waals surface area (Å²) in [5.74, 6) is 2.39. The Labute approximate surface area is 115 Å². The molecule has 0 saturated carbocycles. The van der Waals surface area contributed by atoms with Crippen LogP contribution in [0.25, 0.3) is 0 Å². The van der Waals surface area contributed by atoms with Crippen LogP contribution in [-0.4, -0.2) is 51.3 Å². The van der Waals surface area contributed by atoms with Gasteiger partial charge in [0, 0.05) is 0 Å². The molecule has 0 radical (unpaired) electrons. The molecule has 0 bridgehead atoms. The van der Waals surface area contributed by atoms with Crippen molar-refractivity contribution in [1.29, 1.82) is 0 Å². The molecule has 2 rings (SSSR count). The van der Waals surface area contributed by atoms with Gasteiger partial charge in [0.1, 0.15) is 0 Å². The number of tetrazole rings is 1. The molecule has 1 aromatic rings. The summed E-state index contributed by atoms with van der Waals surface area (Å²) < 4.78 is 0. The molecule has 19 heavy (non-hydrogen) atoms. The summed E-state index contributed by atoms with van der Waals surface area (Å²) in [6.07, 6.45) is 2.54. The third kappa shape index (κ3) is 4.87. The van der Waals surface area contributed by atoms with Crippen LogP contribution in [0.4, 0.5) is 0 Å². The lowest BCUT2D eigenvalue weighted by molar-refractivity contribution is 0.171. The minimum Gasteiger partial charge on any atom is -0.316 e. The van der Waals surface area contributed by atoms with Crippen molar-refractivity contribution in [1.82, 2.24) is 30.4 Å². The highest BCUT2D eigenvalue weighted by molar-refractivity contribution is 4.81. The summed E-state index contributed by atoms with van der Waals surface area (Å²) >= 11 is 0. The highest BCUT2D eigenvalue weighted by Gasteiger charge is 2.20. The normalized spacial score (nSPS) is 18.3. The van der Waals surface area contributed by atoms with Crippen molar-refractivity contribution in [3.05, 3.63) is 5.82 Å². The lowest BCUT2D eigenvalue weighted by Gasteiger charge is -2.31. The van der Waals surface area contributed by atoms with E-state index in [2.05, 4.69) is 39.5 Å². The molecule has 1 fully saturated rings. The molecule has 2 heterocycles. The Bertz CT molecular complexity index is 367. The SMILES string of the molecule is CC(C)CNCC1CCN(Cc2nnn(C)n2)CC1. The second-order valence-electron chi connectivity index (χ2n) is 5.97. The average molecular weight is 266 g/mol. The zero-order valence-corrected chi connectivity index (χ0v) is 12.3. The van der Waals surface area contributed by atoms with E-state index in [1.54, 1.807) is 0 Å². The summed E-state index contributed by atoms with van der Waals surface area (Å²) in [7, 11) is 1.81. The van der Waals surface area contributed by atoms with Gasteiger partial charge >= 0.3 is 0 Å². The van der Waals surface area contributed by atoms with Crippen LogP contribution >= 0.6 is 0 Å². The van der Waals surface area contributed by atoms with Crippen LogP contribution in [0.1, 0.15) is 32.5 Å². The van der Waals surface area contributed by atoms with Gasteiger partial charge in [-0.2, -0.15) is 4.80 Å². The highest BCUT2D eigenvalue weighted by atomic mass is 15.6. The molecule has 6 heteroatoms. The molecule has 0 aromatic carbocycles. The number of rotatable bonds is 6. The Balaban J connectivity index is 1.65. The molecule has 108 valence electrons. The van der Waals surface area contributed by atoms with Crippen LogP contribution in [0.5, 0.6) is 0 Å². The quantitative estimate of drug-likeness (QED) is 0.820. The summed E-state index contributed by atoms with van der Waals surface area (Å²) in [6.45, 7) is 9.92. The fraction of sp³-hybridized carbons (Fsp3) is 0.923. The van der Waals surface area contributed by atoms with E-state index >= 15 is 0 Å². The van der Waals surface area contributed by atoms with Crippen LogP contribution in [0.15, 0.2) is 0 Å². The van der Waals surface area contributed by atoms with Gasteiger partial charge in [0.25, 0.3) is 0 Å². The molecule has 1 N–H and O–H groups in total. The topological polar surface area (TPSA) is 58.9 Å². The fourth-order valence-corrected chi connectivity index (χ4v) is 2.51. The summed E-state index contributed by atoms with van der Waals surface area (Å²) in [5.41, 5.74) is 0. The van der Waals surface area contributed by atoms with Crippen molar-refractivity contribution in [2.45, 2.75) is 33.2 Å². The molecule has 1 aromatic heterocycles. The molecule has 0 spiro atoms. The Kier molecular flexibility index (Phi) is 5.27. The van der Waals surface area contributed by atoms with E-state index in [1.807, 2.05) is 7.05 Å². The van der Waals surface area contributed by atoms with E-state index in [0.29, 0.717) is 0 Å². The second-order valence-corrected chi connectivity index (χ2v) is 5.97. The molecule has 0 amide bonds. The minimum atomic E-state index is 0.739. The number of hydrogen-bond acceptors (Lipinski definition) is 5. The van der Waals surface area contributed by atoms with Crippen LogP contribution < -0.4 is 5.32 Å². The number of nitrogens with one attached hydrogen (secondary N) is 1. The smallest absolute Gasteiger partial charge is 0.188 e. The molecule has 0 unspecified atom stereocenters. The fourth-order valence-electron chi connectivity index (χ4n) is 2.51. The van der Waals surface area contributed by atoms with Gasteiger partial charge in [-0.25, -0.2) is 0 Å². The number of hydrogen-bond donors (Lipinski definition) is 1. The van der Waals surface area contributed by atoms with Gasteiger partial charge in [0.2, 0.25) is 0 Å². The first-order valence-electron chi connectivity index (χ1n) is 7.29. The lowest BCUT2D eigenvalue weighted by atomic mass is 9.96. The van der Waals surface area contributed by atoms with Crippen molar-refractivity contribution in [3.8, 4) is 0 Å². The maximum absolute atomic E-state index is 4.23. The number of likely N-dealkylation sites (tertiary alicyclic amines) is 1. The van der Waals surface area contributed by atoms with Crippen molar-refractivity contribution in [3.63, 3.8) is 0 Å². The molecular formula is C13H26N6. The van der Waals surface area contributed by atoms with E-state index < -0.39 is 0 Å². The number of aryl methyl sites for hydroxylation is 1. The van der Waals surface area contributed by atoms with E-state index in [9.17, 15) is 0 Å². The van der Waals surface area contributed by atoms with E-state index in [4.69, 9.17) is 0 Å². The van der Waals surface area contributed by atoms with Gasteiger partial charge in [-0.3, -0.25) is 4.90 Å². The third-order valence-corrected chi connectivity index (χ3v) is 3.61. The zero-order valence-electron chi connectivity index (χ0n) is 12.3. The predicted molar refractivity (Wildman–Crippen MR) is 74.5 cm³/mol. The number of nitrogens with zero attached hydrogens (tertiary/aromatic N) is 5. The van der Waals surface area contributed by atoms with Crippen molar-refractivity contribution in [2.75, 3.05) is 26.2 Å². The zero-order chi connectivity index (χ0) is 13.7. The first kappa shape index (κ1) is 14.4. The van der Waals surface area contributed by atoms with Crippen molar-refractivity contribution >= 4 is 0 Å². The summed E-state index contributed by atoms with van der Waals surface area (Å²) in [4.78, 5) is 3.95. The monoisotopic (exact) mass is 266 g/mol. The molecule has 0 atom stereocenters. The maximum atomic E-state index is 4.23. The van der Waals surface area contributed by atoms with Crippen LogP contribution in [0, 0.1) is 11.8 Å². The first-order valence-corrected chi connectivity index (χ1v) is 7.29. The maximum Gasteiger partial charge on any atom is 0.188 e. The molecular weight excluding hydrogens is 240 g/mol. The highest BCUT2D eigenvalue weighted by Crippen LogP contribution is 2.17. The number of piperidine rings is 1. The standard InChI is InChI=1S/C13H26N6/c1-11(2)8-14-9-12-4-6-19(7-5-12)10-13-15-17-18(3)16-13/h11-12,14H,4-10H2,1-3H3. The van der Waals surface area contributed by atoms with Gasteiger partial charge < -0.3 is 5.32 Å². The first-order chi connectivity index (χ1) is 9.13. The van der Waals surface area contributed by atoms with Gasteiger partial charge in [0.15, 0.2) is 5.82 Å². The minimum absolute atomic E-state index is 0.739. The summed E-state index contributed by atoms with van der Waals surface area (Å²) in [5, 5.41) is 15.7. The van der Waals surface area contributed by atoms with Gasteiger partial charge in [-0.05, 0) is 56.1 Å². The van der Waals surface area contributed by atoms with E-state index in [1.165, 1.54) is 17.6 Å². The van der Waals surface area contributed by atoms with Gasteiger partial charge in [-0.15, -0.1) is 10.2 Å². The molecule has 0 aliphatic carbocycles. The van der Waals surface area contributed by atoms with Crippen molar-refractivity contribution < 1.29 is 0 Å². The van der Waals surface area contributed by atoms with Crippen LogP contribution in [-0.2, 0) is 13.6 Å². The Morgan fingerprint density at radius 1 is 1.32 bits per heavy atom. The molecule has 1 saturated heterocycles. The van der Waals surface area contributed by atoms with Gasteiger partial charge in [0.05, 0.1) is 13.6 Å². The Hall–Kier alpha value is -1.01. The summed E-state index contributed by atoms with van der Waals surface area (Å²) in [6, 6.07) is 0. The van der Waals surface area contributed by atoms with E-state index in [0.717, 1.165) is 50.4 Å². The number of aromatic nitrogens is 4. The lowest BCUT2D eigenvalue weighted by Crippen LogP contribution is -2.37. The van der Waals surface area contributed by atoms with Gasteiger partial charge in [-0.1, -0.05) is 13.8 Å². The van der Waals surface area contributed by atoms with Crippen molar-refractivity contribution in [2.24, 2.45) is 18.9 Å². The van der Waals surface area contributed by atoms with Crippen LogP contribution in [0.2, 0.25) is 0 Å². The van der Waals surface area contributed by atoms with E-state index in [-0.39, 0.29) is 0 Å². The Morgan fingerprint density at radius 3 is 2.63 bits per heavy atom. The average Bonchev–Trinajstić information content (AvgIpc) is 2.77. The molecule has 1 aliphatic rings. The Morgan fingerprint density at radius 2 is 2.05 bits per heavy atom. The van der Waals surface area contributed by atoms with Crippen LogP contribution in [0.3, 0.4) is 0 Å². The molecule has 1 aliphatic heterocycles. The molecule has 6 nitrogen and oxygen atoms in total. The third-order valence-electron chi connectivity index (χ3n) is 3.61.